The normalized spacial score (nSPS) is 21.9. The van der Waals surface area contributed by atoms with E-state index < -0.39 is 0 Å². The van der Waals surface area contributed by atoms with Crippen molar-refractivity contribution in [2.24, 2.45) is 5.92 Å². The second kappa shape index (κ2) is 6.34. The van der Waals surface area contributed by atoms with Gasteiger partial charge in [0.25, 0.3) is 0 Å². The second-order valence-electron chi connectivity index (χ2n) is 4.74. The lowest BCUT2D eigenvalue weighted by atomic mass is 9.80. The number of hydrogen-bond donors (Lipinski definition) is 0. The largest absolute Gasteiger partial charge is 0.294 e. The summed E-state index contributed by atoms with van der Waals surface area (Å²) in [6.45, 7) is 13.8. The van der Waals surface area contributed by atoms with Crippen LogP contribution < -0.4 is 0 Å². The molecule has 0 heterocycles. The van der Waals surface area contributed by atoms with Crippen molar-refractivity contribution in [1.29, 1.82) is 0 Å². The summed E-state index contributed by atoms with van der Waals surface area (Å²) < 4.78 is 0. The Hall–Kier alpha value is -1.63. The van der Waals surface area contributed by atoms with Gasteiger partial charge in [0.05, 0.1) is 0 Å². The summed E-state index contributed by atoms with van der Waals surface area (Å²) >= 11 is 0. The Morgan fingerprint density at radius 3 is 2.72 bits per heavy atom. The fourth-order valence-electron chi connectivity index (χ4n) is 2.18. The average Bonchev–Trinajstić information content (AvgIpc) is 2.34. The Morgan fingerprint density at radius 1 is 1.50 bits per heavy atom. The summed E-state index contributed by atoms with van der Waals surface area (Å²) in [6.07, 6.45) is 9.65. The third-order valence-electron chi connectivity index (χ3n) is 3.28. The van der Waals surface area contributed by atoms with Crippen molar-refractivity contribution in [1.82, 2.24) is 0 Å². The van der Waals surface area contributed by atoms with Gasteiger partial charge < -0.3 is 0 Å². The Morgan fingerprint density at radius 2 is 2.17 bits per heavy atom. The van der Waals surface area contributed by atoms with Gasteiger partial charge in [-0.15, -0.1) is 6.58 Å². The molecule has 1 rings (SSSR count). The van der Waals surface area contributed by atoms with Crippen LogP contribution in [0, 0.1) is 5.92 Å². The van der Waals surface area contributed by atoms with E-state index in [0.717, 1.165) is 23.1 Å². The van der Waals surface area contributed by atoms with Crippen molar-refractivity contribution >= 4 is 5.78 Å². The number of hydrogen-bond acceptors (Lipinski definition) is 1. The zero-order valence-electron chi connectivity index (χ0n) is 11.6. The number of Topliss-reactive ketones (excluding diaryl/α,β-unsaturated/α-hetero) is 1. The highest BCUT2D eigenvalue weighted by Gasteiger charge is 2.25. The predicted molar refractivity (Wildman–Crippen MR) is 78.3 cm³/mol. The van der Waals surface area contributed by atoms with E-state index in [2.05, 4.69) is 39.2 Å². The number of ketones is 1. The van der Waals surface area contributed by atoms with Crippen LogP contribution in [0.3, 0.4) is 0 Å². The van der Waals surface area contributed by atoms with E-state index in [1.54, 1.807) is 6.08 Å². The zero-order valence-corrected chi connectivity index (χ0v) is 11.6. The Balaban J connectivity index is 3.04. The van der Waals surface area contributed by atoms with Gasteiger partial charge in [-0.2, -0.15) is 0 Å². The van der Waals surface area contributed by atoms with Crippen molar-refractivity contribution in [2.45, 2.75) is 33.6 Å². The molecule has 96 valence electrons. The van der Waals surface area contributed by atoms with Gasteiger partial charge in [-0.05, 0) is 37.8 Å². The second-order valence-corrected chi connectivity index (χ2v) is 4.74. The molecule has 1 nitrogen and oxygen atoms in total. The molecule has 18 heavy (non-hydrogen) atoms. The molecular weight excluding hydrogens is 220 g/mol. The molecule has 0 aromatic rings. The molecule has 0 N–H and O–H groups in total. The van der Waals surface area contributed by atoms with Crippen LogP contribution in [0.25, 0.3) is 0 Å². The molecule has 0 aromatic heterocycles. The maximum Gasteiger partial charge on any atom is 0.166 e. The van der Waals surface area contributed by atoms with Crippen LogP contribution in [0.4, 0.5) is 0 Å². The molecule has 0 aromatic carbocycles. The van der Waals surface area contributed by atoms with E-state index in [-0.39, 0.29) is 11.7 Å². The van der Waals surface area contributed by atoms with Gasteiger partial charge in [-0.3, -0.25) is 4.79 Å². The predicted octanol–water partition coefficient (Wildman–Crippen LogP) is 4.55. The standard InChI is InChI=1S/C17H22O/c1-6-8-12(3)9-10-16-13(4)11-15(7-2)17(18)14(16)5/h7-10,15H,2,4,6,11H2,1,3,5H3/b10-9+,12-8+. The molecular formula is C17H22O. The summed E-state index contributed by atoms with van der Waals surface area (Å²) in [7, 11) is 0. The molecule has 0 spiro atoms. The van der Waals surface area contributed by atoms with Crippen LogP contribution in [0.15, 0.2) is 59.8 Å². The lowest BCUT2D eigenvalue weighted by molar-refractivity contribution is -0.118. The van der Waals surface area contributed by atoms with E-state index in [0.29, 0.717) is 6.42 Å². The molecule has 0 bridgehead atoms. The van der Waals surface area contributed by atoms with Crippen LogP contribution in [-0.2, 0) is 4.79 Å². The van der Waals surface area contributed by atoms with Crippen molar-refractivity contribution in [3.63, 3.8) is 0 Å². The first-order valence-electron chi connectivity index (χ1n) is 6.41. The zero-order chi connectivity index (χ0) is 13.7. The van der Waals surface area contributed by atoms with E-state index in [1.807, 2.05) is 13.0 Å². The van der Waals surface area contributed by atoms with E-state index >= 15 is 0 Å². The van der Waals surface area contributed by atoms with Gasteiger partial charge in [0.1, 0.15) is 0 Å². The summed E-state index contributed by atoms with van der Waals surface area (Å²) in [4.78, 5) is 12.1. The van der Waals surface area contributed by atoms with Gasteiger partial charge in [0.15, 0.2) is 5.78 Å². The number of carbonyl (C=O) groups is 1. The highest BCUT2D eigenvalue weighted by molar-refractivity contribution is 6.01. The maximum absolute atomic E-state index is 12.1. The van der Waals surface area contributed by atoms with Gasteiger partial charge in [0.2, 0.25) is 0 Å². The number of allylic oxidation sites excluding steroid dienone is 8. The van der Waals surface area contributed by atoms with Gasteiger partial charge in [-0.25, -0.2) is 0 Å². The topological polar surface area (TPSA) is 17.1 Å². The van der Waals surface area contributed by atoms with E-state index in [4.69, 9.17) is 0 Å². The Labute approximate surface area is 110 Å². The highest BCUT2D eigenvalue weighted by atomic mass is 16.1. The van der Waals surface area contributed by atoms with Crippen molar-refractivity contribution < 1.29 is 4.79 Å². The van der Waals surface area contributed by atoms with Crippen LogP contribution in [0.2, 0.25) is 0 Å². The first-order chi connectivity index (χ1) is 8.51. The molecule has 1 atom stereocenters. The third kappa shape index (κ3) is 3.19. The van der Waals surface area contributed by atoms with Crippen molar-refractivity contribution in [3.8, 4) is 0 Å². The Bertz CT molecular complexity index is 458. The maximum atomic E-state index is 12.1. The van der Waals surface area contributed by atoms with Gasteiger partial charge in [0, 0.05) is 11.5 Å². The molecule has 1 unspecified atom stereocenters. The van der Waals surface area contributed by atoms with Crippen LogP contribution in [0.1, 0.15) is 33.6 Å². The fraction of sp³-hybridized carbons (Fsp3) is 0.353. The first-order valence-corrected chi connectivity index (χ1v) is 6.41. The SMILES string of the molecule is C=CC1CC(=C)C(/C=C/C(C)=C/CC)=C(C)C1=O. The smallest absolute Gasteiger partial charge is 0.166 e. The van der Waals surface area contributed by atoms with Crippen LogP contribution >= 0.6 is 0 Å². The number of carbonyl (C=O) groups excluding carboxylic acids is 1. The summed E-state index contributed by atoms with van der Waals surface area (Å²) in [5.74, 6) is 0.0797. The number of rotatable bonds is 4. The molecule has 1 heteroatoms. The van der Waals surface area contributed by atoms with E-state index in [9.17, 15) is 4.79 Å². The molecule has 0 aliphatic heterocycles. The highest BCUT2D eigenvalue weighted by Crippen LogP contribution is 2.31. The molecule has 0 amide bonds. The van der Waals surface area contributed by atoms with E-state index in [1.165, 1.54) is 5.57 Å². The lowest BCUT2D eigenvalue weighted by Crippen LogP contribution is -2.20. The van der Waals surface area contributed by atoms with Crippen molar-refractivity contribution in [2.75, 3.05) is 0 Å². The summed E-state index contributed by atoms with van der Waals surface area (Å²) in [5.41, 5.74) is 4.03. The quantitative estimate of drug-likeness (QED) is 0.522. The molecule has 1 aliphatic carbocycles. The lowest BCUT2D eigenvalue weighted by Gasteiger charge is -2.22. The molecule has 0 saturated heterocycles. The third-order valence-corrected chi connectivity index (χ3v) is 3.28. The molecule has 1 aliphatic rings. The van der Waals surface area contributed by atoms with Crippen LogP contribution in [0.5, 0.6) is 0 Å². The molecule has 0 fully saturated rings. The summed E-state index contributed by atoms with van der Waals surface area (Å²) in [6, 6.07) is 0. The van der Waals surface area contributed by atoms with Crippen molar-refractivity contribution in [3.05, 3.63) is 59.8 Å². The fourth-order valence-corrected chi connectivity index (χ4v) is 2.18. The Kier molecular flexibility index (Phi) is 5.08. The monoisotopic (exact) mass is 242 g/mol. The minimum atomic E-state index is -0.0954. The van der Waals surface area contributed by atoms with Crippen LogP contribution in [-0.4, -0.2) is 5.78 Å². The minimum Gasteiger partial charge on any atom is -0.294 e. The summed E-state index contributed by atoms with van der Waals surface area (Å²) in [5, 5.41) is 0. The van der Waals surface area contributed by atoms with Gasteiger partial charge in [-0.1, -0.05) is 43.4 Å². The van der Waals surface area contributed by atoms with Gasteiger partial charge >= 0.3 is 0 Å². The first kappa shape index (κ1) is 14.4. The molecule has 0 saturated carbocycles. The average molecular weight is 242 g/mol. The minimum absolute atomic E-state index is 0.0954. The molecule has 0 radical (unpaired) electrons.